The number of nitrogens with one attached hydrogen (secondary N) is 1. The first kappa shape index (κ1) is 18.0. The summed E-state index contributed by atoms with van der Waals surface area (Å²) in [4.78, 5) is 27.0. The van der Waals surface area contributed by atoms with Crippen LogP contribution in [0.25, 0.3) is 27.7 Å². The van der Waals surface area contributed by atoms with Crippen LogP contribution >= 0.6 is 0 Å². The number of piperidine rings is 1. The first-order valence-corrected chi connectivity index (χ1v) is 9.86. The first-order chi connectivity index (χ1) is 14.0. The van der Waals surface area contributed by atoms with E-state index in [0.717, 1.165) is 43.0 Å². The highest BCUT2D eigenvalue weighted by atomic mass is 19.1. The van der Waals surface area contributed by atoms with E-state index in [2.05, 4.69) is 21.9 Å². The molecule has 148 valence electrons. The van der Waals surface area contributed by atoms with Crippen LogP contribution in [-0.2, 0) is 0 Å². The normalized spacial score (nSPS) is 16.1. The molecule has 1 aromatic carbocycles. The third-order valence-electron chi connectivity index (χ3n) is 5.79. The number of aromatic amines is 1. The molecule has 0 atom stereocenters. The van der Waals surface area contributed by atoms with Crippen molar-refractivity contribution < 1.29 is 4.39 Å². The Balaban J connectivity index is 1.56. The Labute approximate surface area is 167 Å². The quantitative estimate of drug-likeness (QED) is 0.568. The summed E-state index contributed by atoms with van der Waals surface area (Å²) in [6.07, 6.45) is 5.60. The smallest absolute Gasteiger partial charge is 0.258 e. The van der Waals surface area contributed by atoms with E-state index in [-0.39, 0.29) is 17.3 Å². The molecule has 5 rings (SSSR count). The minimum atomic E-state index is -0.389. The minimum Gasteiger partial charge on any atom is -0.310 e. The Bertz CT molecular complexity index is 1280. The van der Waals surface area contributed by atoms with Crippen molar-refractivity contribution in [1.29, 1.82) is 0 Å². The van der Waals surface area contributed by atoms with E-state index >= 15 is 0 Å². The zero-order valence-electron chi connectivity index (χ0n) is 16.4. The summed E-state index contributed by atoms with van der Waals surface area (Å²) in [6, 6.07) is 6.97. The zero-order chi connectivity index (χ0) is 20.1. The number of likely N-dealkylation sites (tertiary alicyclic amines) is 1. The summed E-state index contributed by atoms with van der Waals surface area (Å²) in [7, 11) is 2.11. The molecule has 0 spiro atoms. The van der Waals surface area contributed by atoms with Crippen LogP contribution in [0.5, 0.6) is 0 Å². The molecule has 1 aliphatic heterocycles. The molecular weight excluding hydrogens is 369 g/mol. The summed E-state index contributed by atoms with van der Waals surface area (Å²) in [5.41, 5.74) is 3.03. The predicted molar refractivity (Wildman–Crippen MR) is 111 cm³/mol. The monoisotopic (exact) mass is 391 g/mol. The molecule has 1 N–H and O–H groups in total. The Kier molecular flexibility index (Phi) is 4.20. The molecule has 1 saturated heterocycles. The maximum Gasteiger partial charge on any atom is 0.258 e. The summed E-state index contributed by atoms with van der Waals surface area (Å²) >= 11 is 0. The van der Waals surface area contributed by atoms with E-state index in [1.807, 2.05) is 25.3 Å². The van der Waals surface area contributed by atoms with Crippen LogP contribution < -0.4 is 5.56 Å². The molecule has 1 fully saturated rings. The molecule has 6 nitrogen and oxygen atoms in total. The maximum atomic E-state index is 14.5. The van der Waals surface area contributed by atoms with Gasteiger partial charge in [0.2, 0.25) is 0 Å². The molecule has 7 heteroatoms. The van der Waals surface area contributed by atoms with Crippen molar-refractivity contribution in [3.05, 3.63) is 64.3 Å². The van der Waals surface area contributed by atoms with Gasteiger partial charge in [-0.25, -0.2) is 14.4 Å². The lowest BCUT2D eigenvalue weighted by atomic mass is 9.96. The highest BCUT2D eigenvalue weighted by Crippen LogP contribution is 2.27. The number of imidazole rings is 1. The Morgan fingerprint density at radius 1 is 1.10 bits per heavy atom. The molecule has 4 heterocycles. The second-order valence-corrected chi connectivity index (χ2v) is 7.95. The van der Waals surface area contributed by atoms with Crippen LogP contribution in [0.15, 0.2) is 41.5 Å². The summed E-state index contributed by atoms with van der Waals surface area (Å²) < 4.78 is 16.1. The molecule has 0 unspecified atom stereocenters. The molecule has 0 bridgehead atoms. The third-order valence-corrected chi connectivity index (χ3v) is 5.79. The van der Waals surface area contributed by atoms with Crippen molar-refractivity contribution in [3.63, 3.8) is 0 Å². The van der Waals surface area contributed by atoms with Gasteiger partial charge in [0.25, 0.3) is 5.56 Å². The molecule has 0 radical (unpaired) electrons. The van der Waals surface area contributed by atoms with Gasteiger partial charge >= 0.3 is 0 Å². The average Bonchev–Trinajstić information content (AvgIpc) is 3.09. The predicted octanol–water partition coefficient (Wildman–Crippen LogP) is 3.49. The lowest BCUT2D eigenvalue weighted by Gasteiger charge is -2.28. The average molecular weight is 391 g/mol. The number of H-pyrrole nitrogens is 1. The van der Waals surface area contributed by atoms with E-state index in [0.29, 0.717) is 22.1 Å². The molecule has 4 aromatic rings. The molecule has 29 heavy (non-hydrogen) atoms. The summed E-state index contributed by atoms with van der Waals surface area (Å²) in [5.74, 6) is 0.661. The van der Waals surface area contributed by atoms with E-state index in [1.165, 1.54) is 6.07 Å². The van der Waals surface area contributed by atoms with E-state index in [1.54, 1.807) is 16.7 Å². The topological polar surface area (TPSA) is 66.3 Å². The van der Waals surface area contributed by atoms with Crippen LogP contribution in [0, 0.1) is 12.7 Å². The third kappa shape index (κ3) is 3.21. The summed E-state index contributed by atoms with van der Waals surface area (Å²) in [6.45, 7) is 3.84. The number of fused-ring (bicyclic) bond motifs is 2. The number of hydrogen-bond acceptors (Lipinski definition) is 4. The lowest BCUT2D eigenvalue weighted by molar-refractivity contribution is 0.251. The van der Waals surface area contributed by atoms with Crippen molar-refractivity contribution in [2.24, 2.45) is 0 Å². The zero-order valence-corrected chi connectivity index (χ0v) is 16.4. The standard InChI is InChI=1S/C22H22FN5O/c1-13-11-28-12-16(10-18(23)21(28)24-13)15-3-4-19-17(9-15)22(29)26-20(25-19)14-5-7-27(2)8-6-14/h3-4,9-12,14H,5-8H2,1-2H3,(H,25,26,29). The fourth-order valence-corrected chi connectivity index (χ4v) is 4.15. The van der Waals surface area contributed by atoms with Gasteiger partial charge in [-0.1, -0.05) is 6.07 Å². The molecule has 0 aliphatic carbocycles. The number of rotatable bonds is 2. The number of aryl methyl sites for hydroxylation is 1. The van der Waals surface area contributed by atoms with Gasteiger partial charge in [-0.2, -0.15) is 0 Å². The highest BCUT2D eigenvalue weighted by molar-refractivity contribution is 5.84. The molecule has 0 saturated carbocycles. The largest absolute Gasteiger partial charge is 0.310 e. The number of halogens is 1. The molecular formula is C22H22FN5O. The van der Waals surface area contributed by atoms with E-state index in [9.17, 15) is 9.18 Å². The van der Waals surface area contributed by atoms with Gasteiger partial charge in [-0.15, -0.1) is 0 Å². The highest BCUT2D eigenvalue weighted by Gasteiger charge is 2.21. The van der Waals surface area contributed by atoms with Crippen LogP contribution in [0.3, 0.4) is 0 Å². The Morgan fingerprint density at radius 3 is 2.69 bits per heavy atom. The second-order valence-electron chi connectivity index (χ2n) is 7.95. The van der Waals surface area contributed by atoms with Crippen molar-refractivity contribution >= 4 is 16.6 Å². The molecule has 0 amide bonds. The minimum absolute atomic E-state index is 0.147. The van der Waals surface area contributed by atoms with Gasteiger partial charge in [0, 0.05) is 23.9 Å². The number of aromatic nitrogens is 4. The SMILES string of the molecule is Cc1cn2cc(-c3ccc4nc(C5CCN(C)CC5)[nH]c(=O)c4c3)cc(F)c2n1. The molecule has 1 aliphatic rings. The Hall–Kier alpha value is -3.06. The van der Waals surface area contributed by atoms with Gasteiger partial charge in [0.1, 0.15) is 5.82 Å². The summed E-state index contributed by atoms with van der Waals surface area (Å²) in [5, 5.41) is 0.515. The maximum absolute atomic E-state index is 14.5. The van der Waals surface area contributed by atoms with Crippen LogP contribution in [0.4, 0.5) is 4.39 Å². The van der Waals surface area contributed by atoms with Crippen LogP contribution in [-0.4, -0.2) is 44.4 Å². The Morgan fingerprint density at radius 2 is 1.90 bits per heavy atom. The van der Waals surface area contributed by atoms with E-state index in [4.69, 9.17) is 4.98 Å². The number of benzene rings is 1. The van der Waals surface area contributed by atoms with Crippen molar-refractivity contribution in [2.75, 3.05) is 20.1 Å². The fourth-order valence-electron chi connectivity index (χ4n) is 4.15. The van der Waals surface area contributed by atoms with Gasteiger partial charge in [-0.05, 0) is 63.7 Å². The lowest BCUT2D eigenvalue weighted by Crippen LogP contribution is -2.30. The fraction of sp³-hybridized carbons (Fsp3) is 0.318. The molecule has 3 aromatic heterocycles. The van der Waals surface area contributed by atoms with Crippen molar-refractivity contribution in [1.82, 2.24) is 24.3 Å². The van der Waals surface area contributed by atoms with Crippen molar-refractivity contribution in [2.45, 2.75) is 25.7 Å². The first-order valence-electron chi connectivity index (χ1n) is 9.86. The van der Waals surface area contributed by atoms with Gasteiger partial charge in [0.05, 0.1) is 16.6 Å². The van der Waals surface area contributed by atoms with Crippen LogP contribution in [0.2, 0.25) is 0 Å². The number of hydrogen-bond donors (Lipinski definition) is 1. The van der Waals surface area contributed by atoms with Gasteiger partial charge in [-0.3, -0.25) is 4.79 Å². The van der Waals surface area contributed by atoms with Crippen LogP contribution in [0.1, 0.15) is 30.3 Å². The number of pyridine rings is 1. The second kappa shape index (κ2) is 6.77. The number of nitrogens with zero attached hydrogens (tertiary/aromatic N) is 4. The van der Waals surface area contributed by atoms with Gasteiger partial charge < -0.3 is 14.3 Å². The van der Waals surface area contributed by atoms with Gasteiger partial charge in [0.15, 0.2) is 11.5 Å². The van der Waals surface area contributed by atoms with E-state index < -0.39 is 0 Å². The van der Waals surface area contributed by atoms with Crippen molar-refractivity contribution in [3.8, 4) is 11.1 Å².